The number of benzene rings is 4. The zero-order valence-electron chi connectivity index (χ0n) is 41.3. The van der Waals surface area contributed by atoms with Crippen molar-refractivity contribution in [3.63, 3.8) is 0 Å². The summed E-state index contributed by atoms with van der Waals surface area (Å²) in [6.45, 7) is 3.06. The van der Waals surface area contributed by atoms with Gasteiger partial charge >= 0.3 is 5.97 Å². The second-order valence-electron chi connectivity index (χ2n) is 20.0. The number of halogens is 1. The Morgan fingerprint density at radius 1 is 0.686 bits per heavy atom. The van der Waals surface area contributed by atoms with E-state index in [9.17, 15) is 9.90 Å². The van der Waals surface area contributed by atoms with E-state index in [0.29, 0.717) is 55.8 Å². The molecule has 4 aromatic carbocycles. The molecule has 70 heavy (non-hydrogen) atoms. The predicted octanol–water partition coefficient (Wildman–Crippen LogP) is 12.2. The summed E-state index contributed by atoms with van der Waals surface area (Å²) in [5.41, 5.74) is 8.32. The van der Waals surface area contributed by atoms with Gasteiger partial charge in [0.05, 0.1) is 25.9 Å². The second-order valence-corrected chi connectivity index (χ2v) is 22.2. The molecular formula is C57H75BClO9P2. The van der Waals surface area contributed by atoms with Crippen LogP contribution in [0.2, 0.25) is 0 Å². The number of rotatable bonds is 16. The minimum Gasteiger partial charge on any atom is -0.496 e. The number of aliphatic hydroxyl groups is 1. The Morgan fingerprint density at radius 3 is 1.74 bits per heavy atom. The van der Waals surface area contributed by atoms with Crippen molar-refractivity contribution in [2.24, 2.45) is 35.5 Å². The van der Waals surface area contributed by atoms with Gasteiger partial charge in [0.25, 0.3) is 6.41 Å². The number of hydrogen-bond donors (Lipinski definition) is 1. The van der Waals surface area contributed by atoms with Gasteiger partial charge in [0.1, 0.15) is 17.6 Å². The summed E-state index contributed by atoms with van der Waals surface area (Å²) in [4.78, 5) is 13.4. The summed E-state index contributed by atoms with van der Waals surface area (Å²) in [7, 11) is 6.70. The van der Waals surface area contributed by atoms with Crippen LogP contribution in [-0.4, -0.2) is 82.9 Å². The average molecular weight is 1010 g/mol. The van der Waals surface area contributed by atoms with Gasteiger partial charge in [-0.2, -0.15) is 11.5 Å². The zero-order chi connectivity index (χ0) is 48.7. The van der Waals surface area contributed by atoms with E-state index in [-0.39, 0.29) is 30.8 Å². The summed E-state index contributed by atoms with van der Waals surface area (Å²) >= 11 is 5.05. The maximum atomic E-state index is 13.4. The fourth-order valence-corrected chi connectivity index (χ4v) is 12.5. The van der Waals surface area contributed by atoms with Crippen molar-refractivity contribution in [3.05, 3.63) is 119 Å². The number of methoxy groups -OCH3 is 2. The van der Waals surface area contributed by atoms with Gasteiger partial charge in [-0.25, -0.2) is 4.79 Å². The van der Waals surface area contributed by atoms with Crippen LogP contribution < -0.4 is 9.47 Å². The van der Waals surface area contributed by atoms with E-state index in [0.717, 1.165) is 132 Å². The molecule has 12 atom stereocenters. The molecule has 0 aromatic heterocycles. The minimum atomic E-state index is -0.227. The molecule has 1 radical (unpaired) electrons. The molecule has 4 aromatic rings. The first-order valence-electron chi connectivity index (χ1n) is 26.1. The Labute approximate surface area is 427 Å². The lowest BCUT2D eigenvalue weighted by Gasteiger charge is -2.32. The third-order valence-corrected chi connectivity index (χ3v) is 17.5. The number of carbonyl (C=O) groups is 1. The molecular weight excluding hydrogens is 937 g/mol. The molecule has 0 amide bonds. The zero-order valence-corrected chi connectivity index (χ0v) is 44.2. The summed E-state index contributed by atoms with van der Waals surface area (Å²) in [6.07, 6.45) is 17.8. The molecule has 10 rings (SSSR count). The van der Waals surface area contributed by atoms with E-state index in [1.165, 1.54) is 35.1 Å². The lowest BCUT2D eigenvalue weighted by atomic mass is 9.73. The maximum absolute atomic E-state index is 13.4. The topological polar surface area (TPSA) is 102 Å². The fraction of sp³-hybridized carbons (Fsp3) is 0.561. The molecule has 377 valence electrons. The molecule has 2 saturated heterocycles. The SMILES string of the molecule is COc1cccc2c1CC1C[C@@H](O)[C@H](CCCOC3CCCCO3)[C@H]1C2.COc1cccc2c1CC1C[C@@H](OC(=O)c3ccc(-c4ccccc4)cc3)[C@H](CCCOC3CCCCO3)[C@H]1C2.PP[B]Cl. The van der Waals surface area contributed by atoms with Crippen molar-refractivity contribution in [2.75, 3.05) is 40.6 Å². The standard InChI is InChI=1S/C35H40O5.C22H32O4.BClH3P2/c1-37-32-13-7-11-27-21-30-28(22-31(27)32)23-33(29(30)12-8-20-39-34-14-5-6-19-38-34)40-35(36)26-17-15-25(16-18-26)24-9-3-2-4-10-24;1-24-21-8-4-6-15-12-18-16(13-19(15)21)14-20(23)17(18)7-5-11-26-22-9-2-3-10-25-22;2-1-4-3/h2-4,7,9-11,13,15-18,28-30,33-34H,5-6,8,12,14,19-23H2,1H3;4,6,8,16-18,20,22-23H,2-3,5,7,9-14H2,1H3;4H,3H2/t28?,29-,30+,33-,34?;16?,17-,18+,20-,22?;/m11./s1. The first-order chi connectivity index (χ1) is 34.4. The minimum absolute atomic E-state index is 0.000905. The van der Waals surface area contributed by atoms with Crippen molar-refractivity contribution in [1.29, 1.82) is 0 Å². The van der Waals surface area contributed by atoms with Crippen LogP contribution in [0.25, 0.3) is 11.1 Å². The Morgan fingerprint density at radius 2 is 1.21 bits per heavy atom. The van der Waals surface area contributed by atoms with E-state index in [2.05, 4.69) is 57.5 Å². The third-order valence-electron chi connectivity index (χ3n) is 15.9. The summed E-state index contributed by atoms with van der Waals surface area (Å²) in [5.74, 6) is 4.63. The van der Waals surface area contributed by atoms with E-state index in [4.69, 9.17) is 44.6 Å². The van der Waals surface area contributed by atoms with E-state index in [1.807, 2.05) is 42.5 Å². The van der Waals surface area contributed by atoms with Gasteiger partial charge in [0, 0.05) is 26.4 Å². The van der Waals surface area contributed by atoms with Crippen molar-refractivity contribution < 1.29 is 43.1 Å². The van der Waals surface area contributed by atoms with Gasteiger partial charge in [-0.1, -0.05) is 66.7 Å². The normalized spacial score (nSPS) is 27.6. The maximum Gasteiger partial charge on any atom is 0.338 e. The van der Waals surface area contributed by atoms with Crippen LogP contribution >= 0.6 is 28.5 Å². The van der Waals surface area contributed by atoms with Gasteiger partial charge in [-0.05, 0) is 196 Å². The Kier molecular flexibility index (Phi) is 20.8. The quantitative estimate of drug-likeness (QED) is 0.0509. The van der Waals surface area contributed by atoms with Crippen LogP contribution in [0.3, 0.4) is 0 Å². The molecule has 9 nitrogen and oxygen atoms in total. The molecule has 6 aliphatic rings. The molecule has 2 heterocycles. The van der Waals surface area contributed by atoms with E-state index >= 15 is 0 Å². The van der Waals surface area contributed by atoms with Gasteiger partial charge < -0.3 is 38.3 Å². The van der Waals surface area contributed by atoms with Crippen molar-refractivity contribution in [2.45, 2.75) is 128 Å². The first-order valence-corrected chi connectivity index (χ1v) is 29.4. The van der Waals surface area contributed by atoms with Crippen LogP contribution in [0, 0.1) is 35.5 Å². The van der Waals surface area contributed by atoms with Gasteiger partial charge in [-0.15, -0.1) is 17.1 Å². The fourth-order valence-electron chi connectivity index (χ4n) is 12.5. The Bertz CT molecular complexity index is 2210. The first kappa shape index (κ1) is 53.3. The van der Waals surface area contributed by atoms with Crippen molar-refractivity contribution in [3.8, 4) is 22.6 Å². The monoisotopic (exact) mass is 1010 g/mol. The summed E-state index contributed by atoms with van der Waals surface area (Å²) in [6, 6.07) is 30.8. The smallest absolute Gasteiger partial charge is 0.338 e. The van der Waals surface area contributed by atoms with Crippen molar-refractivity contribution >= 4 is 40.9 Å². The highest BCUT2D eigenvalue weighted by molar-refractivity contribution is 8.20. The molecule has 0 bridgehead atoms. The molecule has 4 aliphatic carbocycles. The Balaban J connectivity index is 0.000000189. The summed E-state index contributed by atoms with van der Waals surface area (Å²) in [5, 5.41) is 10.7. The highest BCUT2D eigenvalue weighted by Gasteiger charge is 2.48. The van der Waals surface area contributed by atoms with Crippen LogP contribution in [0.15, 0.2) is 91.0 Å². The van der Waals surface area contributed by atoms with Crippen LogP contribution in [0.5, 0.6) is 11.5 Å². The van der Waals surface area contributed by atoms with Gasteiger partial charge in [0.2, 0.25) is 0 Å². The lowest BCUT2D eigenvalue weighted by Crippen LogP contribution is -2.29. The number of esters is 1. The van der Waals surface area contributed by atoms with Gasteiger partial charge in [-0.3, -0.25) is 0 Å². The van der Waals surface area contributed by atoms with Crippen LogP contribution in [-0.2, 0) is 49.4 Å². The molecule has 13 heteroatoms. The number of aliphatic hydroxyl groups excluding tert-OH is 1. The van der Waals surface area contributed by atoms with E-state index < -0.39 is 0 Å². The number of fused-ring (bicyclic) bond motifs is 4. The Hall–Kier alpha value is -3.04. The van der Waals surface area contributed by atoms with Crippen molar-refractivity contribution in [1.82, 2.24) is 0 Å². The second kappa shape index (κ2) is 27.3. The average Bonchev–Trinajstić information content (AvgIpc) is 3.91. The third kappa shape index (κ3) is 14.0. The van der Waals surface area contributed by atoms with Crippen LogP contribution in [0.1, 0.15) is 110 Å². The molecule has 2 saturated carbocycles. The molecule has 0 spiro atoms. The molecule has 1 N–H and O–H groups in total. The number of hydrogen-bond acceptors (Lipinski definition) is 9. The van der Waals surface area contributed by atoms with Crippen LogP contribution in [0.4, 0.5) is 0 Å². The highest BCUT2D eigenvalue weighted by atomic mass is 35.5. The molecule has 2 aliphatic heterocycles. The summed E-state index contributed by atoms with van der Waals surface area (Å²) < 4.78 is 40.9. The number of ether oxygens (including phenoxy) is 7. The molecule has 6 unspecified atom stereocenters. The number of carbonyl (C=O) groups excluding carboxylic acids is 1. The largest absolute Gasteiger partial charge is 0.496 e. The lowest BCUT2D eigenvalue weighted by molar-refractivity contribution is -0.163. The predicted molar refractivity (Wildman–Crippen MR) is 285 cm³/mol. The highest BCUT2D eigenvalue weighted by Crippen LogP contribution is 2.50. The van der Waals surface area contributed by atoms with Gasteiger partial charge in [0.15, 0.2) is 12.6 Å². The molecule has 4 fully saturated rings. The van der Waals surface area contributed by atoms with E-state index in [1.54, 1.807) is 20.6 Å².